The van der Waals surface area contributed by atoms with Crippen molar-refractivity contribution in [1.29, 1.82) is 0 Å². The van der Waals surface area contributed by atoms with Crippen LogP contribution in [0.15, 0.2) is 42.7 Å². The third-order valence-corrected chi connectivity index (χ3v) is 1.85. The molecule has 14 heavy (non-hydrogen) atoms. The van der Waals surface area contributed by atoms with Crippen LogP contribution in [0.2, 0.25) is 0 Å². The lowest BCUT2D eigenvalue weighted by Crippen LogP contribution is -1.88. The predicted molar refractivity (Wildman–Crippen MR) is 52.9 cm³/mol. The minimum atomic E-state index is 0.574. The Kier molecular flexibility index (Phi) is 2.32. The Balaban J connectivity index is 2.39. The van der Waals surface area contributed by atoms with E-state index in [4.69, 9.17) is 0 Å². The van der Waals surface area contributed by atoms with Crippen LogP contribution in [-0.2, 0) is 0 Å². The molecule has 2 aromatic heterocycles. The van der Waals surface area contributed by atoms with Crippen molar-refractivity contribution in [3.63, 3.8) is 0 Å². The third kappa shape index (κ3) is 1.66. The lowest BCUT2D eigenvalue weighted by molar-refractivity contribution is 0.112. The first kappa shape index (κ1) is 8.56. The summed E-state index contributed by atoms with van der Waals surface area (Å²) in [6.07, 6.45) is 4.02. The molecule has 0 aliphatic rings. The summed E-state index contributed by atoms with van der Waals surface area (Å²) < 4.78 is 0. The van der Waals surface area contributed by atoms with Gasteiger partial charge in [-0.25, -0.2) is 0 Å². The molecule has 68 valence electrons. The molecule has 0 radical (unpaired) electrons. The van der Waals surface area contributed by atoms with Gasteiger partial charge in [0, 0.05) is 18.0 Å². The van der Waals surface area contributed by atoms with Crippen LogP contribution in [0.3, 0.4) is 0 Å². The van der Waals surface area contributed by atoms with Gasteiger partial charge in [-0.15, -0.1) is 0 Å². The maximum Gasteiger partial charge on any atom is 0.151 e. The standard InChI is InChI=1S/C11H8N2O/c14-8-9-4-5-11(13-7-9)10-3-1-2-6-12-10/h1-8H. The van der Waals surface area contributed by atoms with Crippen molar-refractivity contribution < 1.29 is 4.79 Å². The lowest BCUT2D eigenvalue weighted by Gasteiger charge is -1.98. The summed E-state index contributed by atoms with van der Waals surface area (Å²) in [7, 11) is 0. The van der Waals surface area contributed by atoms with E-state index >= 15 is 0 Å². The second-order valence-corrected chi connectivity index (χ2v) is 2.81. The van der Waals surface area contributed by atoms with Crippen LogP contribution in [0.4, 0.5) is 0 Å². The zero-order chi connectivity index (χ0) is 9.80. The molecule has 0 bridgehead atoms. The van der Waals surface area contributed by atoms with Crippen LogP contribution in [0.25, 0.3) is 11.4 Å². The second kappa shape index (κ2) is 3.79. The number of carbonyl (C=O) groups is 1. The Morgan fingerprint density at radius 1 is 1.00 bits per heavy atom. The van der Waals surface area contributed by atoms with Gasteiger partial charge in [-0.2, -0.15) is 0 Å². The van der Waals surface area contributed by atoms with Crippen molar-refractivity contribution in [1.82, 2.24) is 9.97 Å². The molecule has 0 saturated carbocycles. The van der Waals surface area contributed by atoms with E-state index in [1.165, 1.54) is 6.20 Å². The summed E-state index contributed by atoms with van der Waals surface area (Å²) in [5.74, 6) is 0. The SMILES string of the molecule is O=Cc1ccc(-c2ccccn2)nc1. The first-order chi connectivity index (χ1) is 6.90. The van der Waals surface area contributed by atoms with Gasteiger partial charge in [-0.3, -0.25) is 14.8 Å². The highest BCUT2D eigenvalue weighted by molar-refractivity contribution is 5.74. The maximum absolute atomic E-state index is 10.4. The fourth-order valence-electron chi connectivity index (χ4n) is 1.14. The molecule has 0 saturated heterocycles. The van der Waals surface area contributed by atoms with Gasteiger partial charge in [-0.05, 0) is 24.3 Å². The molecule has 0 unspecified atom stereocenters. The summed E-state index contributed by atoms with van der Waals surface area (Å²) in [5, 5.41) is 0. The topological polar surface area (TPSA) is 42.9 Å². The average molecular weight is 184 g/mol. The van der Waals surface area contributed by atoms with E-state index in [1.807, 2.05) is 18.2 Å². The number of carbonyl (C=O) groups excluding carboxylic acids is 1. The fourth-order valence-corrected chi connectivity index (χ4v) is 1.14. The van der Waals surface area contributed by atoms with Gasteiger partial charge in [-0.1, -0.05) is 6.07 Å². The van der Waals surface area contributed by atoms with Gasteiger partial charge in [0.15, 0.2) is 6.29 Å². The Morgan fingerprint density at radius 3 is 2.43 bits per heavy atom. The monoisotopic (exact) mass is 184 g/mol. The second-order valence-electron chi connectivity index (χ2n) is 2.81. The average Bonchev–Trinajstić information content (AvgIpc) is 2.30. The largest absolute Gasteiger partial charge is 0.298 e. The molecule has 0 aromatic carbocycles. The van der Waals surface area contributed by atoms with E-state index in [9.17, 15) is 4.79 Å². The minimum absolute atomic E-state index is 0.574. The third-order valence-electron chi connectivity index (χ3n) is 1.85. The molecule has 0 aliphatic heterocycles. The molecule has 3 heteroatoms. The number of aromatic nitrogens is 2. The van der Waals surface area contributed by atoms with Crippen LogP contribution in [0, 0.1) is 0 Å². The molecule has 2 rings (SSSR count). The highest BCUT2D eigenvalue weighted by Crippen LogP contribution is 2.12. The summed E-state index contributed by atoms with van der Waals surface area (Å²) in [5.41, 5.74) is 2.16. The molecular formula is C11H8N2O. The minimum Gasteiger partial charge on any atom is -0.298 e. The number of rotatable bonds is 2. The lowest BCUT2D eigenvalue weighted by atomic mass is 10.2. The number of pyridine rings is 2. The van der Waals surface area contributed by atoms with Crippen LogP contribution in [0.1, 0.15) is 10.4 Å². The number of nitrogens with zero attached hydrogens (tertiary/aromatic N) is 2. The molecule has 0 spiro atoms. The molecule has 0 N–H and O–H groups in total. The first-order valence-electron chi connectivity index (χ1n) is 4.23. The Labute approximate surface area is 81.5 Å². The molecule has 0 atom stereocenters. The van der Waals surface area contributed by atoms with Crippen molar-refractivity contribution in [3.8, 4) is 11.4 Å². The molecule has 0 aliphatic carbocycles. The van der Waals surface area contributed by atoms with Gasteiger partial charge in [0.2, 0.25) is 0 Å². The highest BCUT2D eigenvalue weighted by atomic mass is 16.1. The van der Waals surface area contributed by atoms with E-state index in [0.29, 0.717) is 5.56 Å². The number of hydrogen-bond donors (Lipinski definition) is 0. The Morgan fingerprint density at radius 2 is 1.86 bits per heavy atom. The molecule has 3 nitrogen and oxygen atoms in total. The Hall–Kier alpha value is -2.03. The van der Waals surface area contributed by atoms with Gasteiger partial charge in [0.05, 0.1) is 11.4 Å². The van der Waals surface area contributed by atoms with E-state index in [2.05, 4.69) is 9.97 Å². The van der Waals surface area contributed by atoms with Crippen molar-refractivity contribution >= 4 is 6.29 Å². The molecule has 2 heterocycles. The van der Waals surface area contributed by atoms with Crippen LogP contribution >= 0.6 is 0 Å². The fraction of sp³-hybridized carbons (Fsp3) is 0. The Bertz CT molecular complexity index is 423. The summed E-state index contributed by atoms with van der Waals surface area (Å²) in [6.45, 7) is 0. The molecule has 2 aromatic rings. The van der Waals surface area contributed by atoms with E-state index in [-0.39, 0.29) is 0 Å². The summed E-state index contributed by atoms with van der Waals surface area (Å²) in [6, 6.07) is 9.14. The molecule has 0 amide bonds. The zero-order valence-electron chi connectivity index (χ0n) is 7.42. The van der Waals surface area contributed by atoms with Gasteiger partial charge in [0.1, 0.15) is 0 Å². The van der Waals surface area contributed by atoms with Crippen molar-refractivity contribution in [2.75, 3.05) is 0 Å². The number of aldehydes is 1. The quantitative estimate of drug-likeness (QED) is 0.670. The normalized spacial score (nSPS) is 9.71. The van der Waals surface area contributed by atoms with Crippen LogP contribution in [-0.4, -0.2) is 16.3 Å². The molecular weight excluding hydrogens is 176 g/mol. The van der Waals surface area contributed by atoms with Crippen LogP contribution in [0.5, 0.6) is 0 Å². The summed E-state index contributed by atoms with van der Waals surface area (Å²) in [4.78, 5) is 18.7. The predicted octanol–water partition coefficient (Wildman–Crippen LogP) is 1.96. The van der Waals surface area contributed by atoms with Crippen LogP contribution < -0.4 is 0 Å². The van der Waals surface area contributed by atoms with E-state index in [0.717, 1.165) is 17.7 Å². The van der Waals surface area contributed by atoms with E-state index in [1.54, 1.807) is 18.3 Å². The number of hydrogen-bond acceptors (Lipinski definition) is 3. The van der Waals surface area contributed by atoms with Crippen molar-refractivity contribution in [3.05, 3.63) is 48.3 Å². The maximum atomic E-state index is 10.4. The highest BCUT2D eigenvalue weighted by Gasteiger charge is 1.98. The smallest absolute Gasteiger partial charge is 0.151 e. The van der Waals surface area contributed by atoms with E-state index < -0.39 is 0 Å². The van der Waals surface area contributed by atoms with Gasteiger partial charge >= 0.3 is 0 Å². The first-order valence-corrected chi connectivity index (χ1v) is 4.23. The van der Waals surface area contributed by atoms with Crippen molar-refractivity contribution in [2.45, 2.75) is 0 Å². The van der Waals surface area contributed by atoms with Crippen molar-refractivity contribution in [2.24, 2.45) is 0 Å². The van der Waals surface area contributed by atoms with Gasteiger partial charge < -0.3 is 0 Å². The molecule has 0 fully saturated rings. The summed E-state index contributed by atoms with van der Waals surface area (Å²) >= 11 is 0. The van der Waals surface area contributed by atoms with Gasteiger partial charge in [0.25, 0.3) is 0 Å². The zero-order valence-corrected chi connectivity index (χ0v) is 7.42.